The van der Waals surface area contributed by atoms with E-state index in [0.717, 1.165) is 28.8 Å². The predicted octanol–water partition coefficient (Wildman–Crippen LogP) is 2.46. The standard InChI is InChI=1S/C15H20N4S/c1-19(13-6-7-20-10-13)9-12-8-11-4-2-3-5-14(11)17-15(12)18-16/h2-5,8,13H,6-7,9-10,16H2,1H3,(H,17,18). The third-order valence-corrected chi connectivity index (χ3v) is 5.03. The minimum atomic E-state index is 0.664. The summed E-state index contributed by atoms with van der Waals surface area (Å²) in [5, 5.41) is 1.16. The van der Waals surface area contributed by atoms with Crippen LogP contribution in [0, 0.1) is 0 Å². The number of nitrogens with two attached hydrogens (primary N) is 1. The molecule has 1 aromatic carbocycles. The SMILES string of the molecule is CN(Cc1cc2ccccc2nc1NN)C1CCSC1. The van der Waals surface area contributed by atoms with Gasteiger partial charge >= 0.3 is 0 Å². The van der Waals surface area contributed by atoms with Crippen molar-refractivity contribution in [3.63, 3.8) is 0 Å². The van der Waals surface area contributed by atoms with Crippen LogP contribution in [0.4, 0.5) is 5.82 Å². The summed E-state index contributed by atoms with van der Waals surface area (Å²) in [5.74, 6) is 8.91. The molecule has 0 bridgehead atoms. The summed E-state index contributed by atoms with van der Waals surface area (Å²) < 4.78 is 0. The Kier molecular flexibility index (Phi) is 4.10. The van der Waals surface area contributed by atoms with Crippen LogP contribution in [-0.2, 0) is 6.54 Å². The first kappa shape index (κ1) is 13.7. The molecular weight excluding hydrogens is 268 g/mol. The van der Waals surface area contributed by atoms with Crippen LogP contribution in [0.5, 0.6) is 0 Å². The van der Waals surface area contributed by atoms with E-state index in [4.69, 9.17) is 5.84 Å². The van der Waals surface area contributed by atoms with Gasteiger partial charge in [-0.3, -0.25) is 4.90 Å². The van der Waals surface area contributed by atoms with E-state index in [-0.39, 0.29) is 0 Å². The second kappa shape index (κ2) is 5.99. The molecule has 0 radical (unpaired) electrons. The Balaban J connectivity index is 1.88. The van der Waals surface area contributed by atoms with Crippen molar-refractivity contribution in [1.29, 1.82) is 0 Å². The molecule has 1 atom stereocenters. The van der Waals surface area contributed by atoms with E-state index in [9.17, 15) is 0 Å². The van der Waals surface area contributed by atoms with Crippen LogP contribution in [0.2, 0.25) is 0 Å². The molecular formula is C15H20N4S. The Bertz CT molecular complexity index is 595. The lowest BCUT2D eigenvalue weighted by molar-refractivity contribution is 0.254. The molecule has 3 rings (SSSR count). The number of hydrogen-bond acceptors (Lipinski definition) is 5. The average molecular weight is 288 g/mol. The van der Waals surface area contributed by atoms with Gasteiger partial charge in [-0.1, -0.05) is 18.2 Å². The zero-order valence-corrected chi connectivity index (χ0v) is 12.5. The lowest BCUT2D eigenvalue weighted by Crippen LogP contribution is -2.31. The molecule has 4 nitrogen and oxygen atoms in total. The molecule has 1 aliphatic heterocycles. The van der Waals surface area contributed by atoms with Gasteiger partial charge < -0.3 is 5.43 Å². The molecule has 1 saturated heterocycles. The molecule has 2 aromatic rings. The highest BCUT2D eigenvalue weighted by atomic mass is 32.2. The van der Waals surface area contributed by atoms with Crippen molar-refractivity contribution in [1.82, 2.24) is 9.88 Å². The van der Waals surface area contributed by atoms with Crippen LogP contribution < -0.4 is 11.3 Å². The zero-order chi connectivity index (χ0) is 13.9. The van der Waals surface area contributed by atoms with Crippen molar-refractivity contribution in [2.75, 3.05) is 24.0 Å². The third-order valence-electron chi connectivity index (χ3n) is 3.89. The molecule has 20 heavy (non-hydrogen) atoms. The molecule has 1 aliphatic rings. The van der Waals surface area contributed by atoms with Gasteiger partial charge in [-0.15, -0.1) is 0 Å². The number of hydrazine groups is 1. The summed E-state index contributed by atoms with van der Waals surface area (Å²) in [6, 6.07) is 11.0. The maximum atomic E-state index is 5.64. The van der Waals surface area contributed by atoms with Crippen molar-refractivity contribution in [2.45, 2.75) is 19.0 Å². The number of hydrogen-bond donors (Lipinski definition) is 2. The van der Waals surface area contributed by atoms with Gasteiger partial charge in [-0.05, 0) is 31.4 Å². The molecule has 0 spiro atoms. The minimum Gasteiger partial charge on any atom is -0.308 e. The van der Waals surface area contributed by atoms with Gasteiger partial charge in [-0.25, -0.2) is 10.8 Å². The van der Waals surface area contributed by atoms with Crippen LogP contribution in [-0.4, -0.2) is 34.5 Å². The summed E-state index contributed by atoms with van der Waals surface area (Å²) in [6.45, 7) is 0.878. The van der Waals surface area contributed by atoms with Crippen molar-refractivity contribution in [3.8, 4) is 0 Å². The highest BCUT2D eigenvalue weighted by Crippen LogP contribution is 2.25. The molecule has 5 heteroatoms. The number of nitrogens with one attached hydrogen (secondary N) is 1. The first-order valence-electron chi connectivity index (χ1n) is 6.91. The monoisotopic (exact) mass is 288 g/mol. The molecule has 1 aromatic heterocycles. The number of thioether (sulfide) groups is 1. The third kappa shape index (κ3) is 2.75. The number of aromatic nitrogens is 1. The number of rotatable bonds is 4. The van der Waals surface area contributed by atoms with Crippen LogP contribution in [0.1, 0.15) is 12.0 Å². The minimum absolute atomic E-state index is 0.664. The number of nitrogens with zero attached hydrogens (tertiary/aromatic N) is 2. The van der Waals surface area contributed by atoms with E-state index in [1.54, 1.807) is 0 Å². The first-order chi connectivity index (χ1) is 9.78. The van der Waals surface area contributed by atoms with Gasteiger partial charge in [0.2, 0.25) is 0 Å². The molecule has 0 aliphatic carbocycles. The average Bonchev–Trinajstić information content (AvgIpc) is 3.01. The Labute approximate surface area is 123 Å². The fourth-order valence-electron chi connectivity index (χ4n) is 2.67. The second-order valence-corrected chi connectivity index (χ2v) is 6.42. The number of benzene rings is 1. The van der Waals surface area contributed by atoms with Gasteiger partial charge in [0.25, 0.3) is 0 Å². The predicted molar refractivity (Wildman–Crippen MR) is 86.8 cm³/mol. The van der Waals surface area contributed by atoms with E-state index in [1.807, 2.05) is 30.0 Å². The summed E-state index contributed by atoms with van der Waals surface area (Å²) in [4.78, 5) is 7.01. The Morgan fingerprint density at radius 1 is 1.45 bits per heavy atom. The Morgan fingerprint density at radius 2 is 2.30 bits per heavy atom. The van der Waals surface area contributed by atoms with Crippen molar-refractivity contribution in [3.05, 3.63) is 35.9 Å². The normalized spacial score (nSPS) is 18.9. The lowest BCUT2D eigenvalue weighted by Gasteiger charge is -2.24. The van der Waals surface area contributed by atoms with Crippen molar-refractivity contribution >= 4 is 28.5 Å². The molecule has 3 N–H and O–H groups in total. The van der Waals surface area contributed by atoms with E-state index < -0.39 is 0 Å². The van der Waals surface area contributed by atoms with Crippen molar-refractivity contribution in [2.24, 2.45) is 5.84 Å². The van der Waals surface area contributed by atoms with Gasteiger partial charge in [0.1, 0.15) is 5.82 Å². The van der Waals surface area contributed by atoms with Gasteiger partial charge in [0, 0.05) is 29.3 Å². The lowest BCUT2D eigenvalue weighted by atomic mass is 10.1. The van der Waals surface area contributed by atoms with E-state index in [1.165, 1.54) is 17.9 Å². The van der Waals surface area contributed by atoms with Gasteiger partial charge in [0.05, 0.1) is 5.52 Å². The maximum Gasteiger partial charge on any atom is 0.145 e. The smallest absolute Gasteiger partial charge is 0.145 e. The molecule has 2 heterocycles. The van der Waals surface area contributed by atoms with E-state index in [2.05, 4.69) is 34.5 Å². The van der Waals surface area contributed by atoms with Crippen LogP contribution in [0.25, 0.3) is 10.9 Å². The number of nitrogen functional groups attached to an aromatic ring is 1. The van der Waals surface area contributed by atoms with Crippen LogP contribution in [0.15, 0.2) is 30.3 Å². The first-order valence-corrected chi connectivity index (χ1v) is 8.06. The summed E-state index contributed by atoms with van der Waals surface area (Å²) in [7, 11) is 2.19. The Hall–Kier alpha value is -1.30. The van der Waals surface area contributed by atoms with E-state index >= 15 is 0 Å². The zero-order valence-electron chi connectivity index (χ0n) is 11.7. The fourth-order valence-corrected chi connectivity index (χ4v) is 3.97. The highest BCUT2D eigenvalue weighted by molar-refractivity contribution is 7.99. The molecule has 0 amide bonds. The van der Waals surface area contributed by atoms with Crippen LogP contribution in [0.3, 0.4) is 0 Å². The molecule has 1 unspecified atom stereocenters. The maximum absolute atomic E-state index is 5.64. The summed E-state index contributed by atoms with van der Waals surface area (Å²) >= 11 is 2.04. The quantitative estimate of drug-likeness (QED) is 0.668. The highest BCUT2D eigenvalue weighted by Gasteiger charge is 2.21. The topological polar surface area (TPSA) is 54.2 Å². The van der Waals surface area contributed by atoms with Crippen molar-refractivity contribution < 1.29 is 0 Å². The number of anilines is 1. The summed E-state index contributed by atoms with van der Waals surface area (Å²) in [5.41, 5.74) is 4.87. The second-order valence-electron chi connectivity index (χ2n) is 5.27. The van der Waals surface area contributed by atoms with E-state index in [0.29, 0.717) is 6.04 Å². The van der Waals surface area contributed by atoms with Crippen LogP contribution >= 0.6 is 11.8 Å². The van der Waals surface area contributed by atoms with Gasteiger partial charge in [-0.2, -0.15) is 11.8 Å². The fraction of sp³-hybridized carbons (Fsp3) is 0.400. The number of fused-ring (bicyclic) bond motifs is 1. The van der Waals surface area contributed by atoms with Gasteiger partial charge in [0.15, 0.2) is 0 Å². The Morgan fingerprint density at radius 3 is 3.05 bits per heavy atom. The molecule has 0 saturated carbocycles. The number of para-hydroxylation sites is 1. The molecule has 1 fully saturated rings. The summed E-state index contributed by atoms with van der Waals surface area (Å²) in [6.07, 6.45) is 1.27. The molecule has 106 valence electrons. The number of pyridine rings is 1. The largest absolute Gasteiger partial charge is 0.308 e.